The zero-order chi connectivity index (χ0) is 21.2. The average Bonchev–Trinajstić information content (AvgIpc) is 2.76. The molecule has 2 heterocycles. The van der Waals surface area contributed by atoms with Crippen LogP contribution in [0, 0.1) is 5.82 Å². The second-order valence-electron chi connectivity index (χ2n) is 7.48. The van der Waals surface area contributed by atoms with E-state index >= 15 is 0 Å². The molecule has 2 aromatic rings. The molecule has 1 aromatic heterocycles. The van der Waals surface area contributed by atoms with Gasteiger partial charge in [-0.2, -0.15) is 0 Å². The third kappa shape index (κ3) is 6.69. The lowest BCUT2D eigenvalue weighted by Crippen LogP contribution is -2.50. The van der Waals surface area contributed by atoms with E-state index in [2.05, 4.69) is 34.4 Å². The van der Waals surface area contributed by atoms with E-state index in [0.717, 1.165) is 56.4 Å². The van der Waals surface area contributed by atoms with Gasteiger partial charge < -0.3 is 20.3 Å². The number of guanidine groups is 1. The zero-order valence-corrected chi connectivity index (χ0v) is 17.9. The van der Waals surface area contributed by atoms with Crippen molar-refractivity contribution in [1.82, 2.24) is 15.2 Å². The summed E-state index contributed by atoms with van der Waals surface area (Å²) in [5, 5.41) is 6.73. The summed E-state index contributed by atoms with van der Waals surface area (Å²) in [6.45, 7) is 8.08. The molecule has 0 bridgehead atoms. The van der Waals surface area contributed by atoms with Crippen molar-refractivity contribution < 1.29 is 9.13 Å². The van der Waals surface area contributed by atoms with Crippen LogP contribution in [0.3, 0.4) is 0 Å². The molecule has 6 nitrogen and oxygen atoms in total. The Morgan fingerprint density at radius 1 is 1.20 bits per heavy atom. The quantitative estimate of drug-likeness (QED) is 0.391. The second-order valence-corrected chi connectivity index (χ2v) is 7.48. The van der Waals surface area contributed by atoms with E-state index < -0.39 is 0 Å². The fourth-order valence-electron chi connectivity index (χ4n) is 3.52. The molecular formula is C23H32FN5O. The number of pyridine rings is 1. The number of benzene rings is 1. The van der Waals surface area contributed by atoms with Gasteiger partial charge in [-0.15, -0.1) is 0 Å². The van der Waals surface area contributed by atoms with Gasteiger partial charge in [-0.05, 0) is 56.5 Å². The standard InChI is InChI=1S/C23H32FN5O/c1-3-25-23(28-15-7-6-14-27-22-8-4-5-13-26-22)29-16-18(2)30-21(17-29)19-9-11-20(24)12-10-19/h4-5,8-13,18,21H,3,6-7,14-17H2,1-2H3,(H,25,28)(H,26,27). The Morgan fingerprint density at radius 3 is 2.77 bits per heavy atom. The van der Waals surface area contributed by atoms with Crippen LogP contribution in [0.5, 0.6) is 0 Å². The summed E-state index contributed by atoms with van der Waals surface area (Å²) >= 11 is 0. The van der Waals surface area contributed by atoms with E-state index in [-0.39, 0.29) is 18.0 Å². The number of aromatic nitrogens is 1. The molecule has 1 aliphatic heterocycles. The maximum atomic E-state index is 13.3. The van der Waals surface area contributed by atoms with Crippen molar-refractivity contribution >= 4 is 11.8 Å². The monoisotopic (exact) mass is 413 g/mol. The molecule has 2 N–H and O–H groups in total. The van der Waals surface area contributed by atoms with Crippen LogP contribution < -0.4 is 10.6 Å². The highest BCUT2D eigenvalue weighted by atomic mass is 19.1. The fourth-order valence-corrected chi connectivity index (χ4v) is 3.52. The lowest BCUT2D eigenvalue weighted by atomic mass is 10.1. The van der Waals surface area contributed by atoms with Gasteiger partial charge >= 0.3 is 0 Å². The number of morpholine rings is 1. The molecular weight excluding hydrogens is 381 g/mol. The van der Waals surface area contributed by atoms with Crippen LogP contribution in [-0.4, -0.2) is 54.7 Å². The second kappa shape index (κ2) is 11.5. The van der Waals surface area contributed by atoms with Gasteiger partial charge in [-0.1, -0.05) is 18.2 Å². The molecule has 0 radical (unpaired) electrons. The van der Waals surface area contributed by atoms with Crippen LogP contribution in [-0.2, 0) is 4.74 Å². The van der Waals surface area contributed by atoms with Crippen LogP contribution >= 0.6 is 0 Å². The molecule has 30 heavy (non-hydrogen) atoms. The molecule has 0 spiro atoms. The average molecular weight is 414 g/mol. The van der Waals surface area contributed by atoms with Crippen LogP contribution in [0.4, 0.5) is 10.2 Å². The molecule has 0 saturated carbocycles. The summed E-state index contributed by atoms with van der Waals surface area (Å²) in [6.07, 6.45) is 3.78. The Balaban J connectivity index is 1.52. The summed E-state index contributed by atoms with van der Waals surface area (Å²) in [5.74, 6) is 1.59. The van der Waals surface area contributed by atoms with Crippen molar-refractivity contribution in [2.75, 3.05) is 38.0 Å². The molecule has 1 saturated heterocycles. The van der Waals surface area contributed by atoms with Crippen molar-refractivity contribution in [3.63, 3.8) is 0 Å². The SMILES string of the molecule is CCNC(=NCCCCNc1ccccn1)N1CC(C)OC(c2ccc(F)cc2)C1. The maximum absolute atomic E-state index is 13.3. The number of hydrogen-bond donors (Lipinski definition) is 2. The molecule has 0 amide bonds. The largest absolute Gasteiger partial charge is 0.370 e. The normalized spacial score (nSPS) is 19.6. The van der Waals surface area contributed by atoms with E-state index in [1.807, 2.05) is 18.2 Å². The van der Waals surface area contributed by atoms with Crippen LogP contribution in [0.15, 0.2) is 53.7 Å². The van der Waals surface area contributed by atoms with Crippen LogP contribution in [0.2, 0.25) is 0 Å². The van der Waals surface area contributed by atoms with Crippen molar-refractivity contribution in [1.29, 1.82) is 0 Å². The fraction of sp³-hybridized carbons (Fsp3) is 0.478. The van der Waals surface area contributed by atoms with Gasteiger partial charge in [0.05, 0.1) is 12.6 Å². The third-order valence-electron chi connectivity index (χ3n) is 4.95. The Hall–Kier alpha value is -2.67. The van der Waals surface area contributed by atoms with Gasteiger partial charge in [0, 0.05) is 32.4 Å². The minimum Gasteiger partial charge on any atom is -0.370 e. The predicted octanol–water partition coefficient (Wildman–Crippen LogP) is 3.84. The van der Waals surface area contributed by atoms with Crippen LogP contribution in [0.25, 0.3) is 0 Å². The van der Waals surface area contributed by atoms with E-state index in [1.165, 1.54) is 12.1 Å². The third-order valence-corrected chi connectivity index (χ3v) is 4.95. The van der Waals surface area contributed by atoms with E-state index in [1.54, 1.807) is 18.3 Å². The Bertz CT molecular complexity index is 784. The van der Waals surface area contributed by atoms with Crippen molar-refractivity contribution in [3.05, 3.63) is 60.0 Å². The number of nitrogens with zero attached hydrogens (tertiary/aromatic N) is 3. The molecule has 2 unspecified atom stereocenters. The molecule has 1 aromatic carbocycles. The van der Waals surface area contributed by atoms with Gasteiger partial charge in [0.2, 0.25) is 0 Å². The molecule has 1 fully saturated rings. The Morgan fingerprint density at radius 2 is 2.03 bits per heavy atom. The minimum atomic E-state index is -0.230. The molecule has 7 heteroatoms. The highest BCUT2D eigenvalue weighted by molar-refractivity contribution is 5.80. The first-order valence-electron chi connectivity index (χ1n) is 10.7. The summed E-state index contributed by atoms with van der Waals surface area (Å²) in [7, 11) is 0. The first-order chi connectivity index (χ1) is 14.7. The molecule has 0 aliphatic carbocycles. The van der Waals surface area contributed by atoms with Gasteiger partial charge in [-0.3, -0.25) is 4.99 Å². The number of halogens is 1. The first-order valence-corrected chi connectivity index (χ1v) is 10.7. The molecule has 1 aliphatic rings. The van der Waals surface area contributed by atoms with Crippen molar-refractivity contribution in [3.8, 4) is 0 Å². The number of ether oxygens (including phenoxy) is 1. The van der Waals surface area contributed by atoms with E-state index in [9.17, 15) is 4.39 Å². The first kappa shape index (κ1) is 22.0. The zero-order valence-electron chi connectivity index (χ0n) is 17.9. The maximum Gasteiger partial charge on any atom is 0.194 e. The van der Waals surface area contributed by atoms with Gasteiger partial charge in [0.1, 0.15) is 17.7 Å². The molecule has 162 valence electrons. The predicted molar refractivity (Wildman–Crippen MR) is 119 cm³/mol. The van der Waals surface area contributed by atoms with Gasteiger partial charge in [0.25, 0.3) is 0 Å². The Kier molecular flexibility index (Phi) is 8.44. The molecule has 3 rings (SSSR count). The number of rotatable bonds is 8. The number of unbranched alkanes of at least 4 members (excludes halogenated alkanes) is 1. The topological polar surface area (TPSA) is 61.8 Å². The van der Waals surface area contributed by atoms with E-state index in [0.29, 0.717) is 6.54 Å². The molecule has 2 atom stereocenters. The highest BCUT2D eigenvalue weighted by Gasteiger charge is 2.28. The van der Waals surface area contributed by atoms with Gasteiger partial charge in [0.15, 0.2) is 5.96 Å². The lowest BCUT2D eigenvalue weighted by Gasteiger charge is -2.38. The van der Waals surface area contributed by atoms with E-state index in [4.69, 9.17) is 9.73 Å². The summed E-state index contributed by atoms with van der Waals surface area (Å²) in [6, 6.07) is 12.4. The number of anilines is 1. The van der Waals surface area contributed by atoms with Gasteiger partial charge in [-0.25, -0.2) is 9.37 Å². The summed E-state index contributed by atoms with van der Waals surface area (Å²) in [5.41, 5.74) is 0.990. The van der Waals surface area contributed by atoms with Crippen LogP contribution in [0.1, 0.15) is 38.4 Å². The lowest BCUT2D eigenvalue weighted by molar-refractivity contribution is -0.0605. The summed E-state index contributed by atoms with van der Waals surface area (Å²) < 4.78 is 19.4. The summed E-state index contributed by atoms with van der Waals surface area (Å²) in [4.78, 5) is 11.3. The number of hydrogen-bond acceptors (Lipinski definition) is 4. The highest BCUT2D eigenvalue weighted by Crippen LogP contribution is 2.25. The smallest absolute Gasteiger partial charge is 0.194 e. The Labute approximate surface area is 178 Å². The van der Waals surface area contributed by atoms with Crippen molar-refractivity contribution in [2.45, 2.75) is 38.9 Å². The van der Waals surface area contributed by atoms with Crippen molar-refractivity contribution in [2.24, 2.45) is 4.99 Å². The number of aliphatic imine (C=N–C) groups is 1. The minimum absolute atomic E-state index is 0.0697. The number of nitrogens with one attached hydrogen (secondary N) is 2.